The number of para-hydroxylation sites is 1. The number of nitrogens with zero attached hydrogens (tertiary/aromatic N) is 2. The van der Waals surface area contributed by atoms with E-state index in [1.54, 1.807) is 37.4 Å². The molecule has 8 nitrogen and oxygen atoms in total. The molecule has 0 fully saturated rings. The van der Waals surface area contributed by atoms with Gasteiger partial charge in [-0.2, -0.15) is 4.98 Å². The number of carbonyl (C=O) groups is 1. The minimum Gasteiger partial charge on any atom is -0.497 e. The van der Waals surface area contributed by atoms with Gasteiger partial charge in [0.25, 0.3) is 11.8 Å². The summed E-state index contributed by atoms with van der Waals surface area (Å²) >= 11 is 0. The first-order valence-corrected chi connectivity index (χ1v) is 10.2. The lowest BCUT2D eigenvalue weighted by Gasteiger charge is -2.13. The SMILES string of the molecule is COc1ccc(NC(=O)COc2ccccc2-c2nc(-c3ccccc3C)no2)c(OC)c1. The summed E-state index contributed by atoms with van der Waals surface area (Å²) < 4.78 is 21.8. The van der Waals surface area contributed by atoms with Gasteiger partial charge < -0.3 is 24.1 Å². The van der Waals surface area contributed by atoms with Crippen LogP contribution in [-0.4, -0.2) is 36.9 Å². The Morgan fingerprint density at radius 3 is 2.45 bits per heavy atom. The maximum absolute atomic E-state index is 12.5. The first-order valence-electron chi connectivity index (χ1n) is 10.2. The van der Waals surface area contributed by atoms with Crippen molar-refractivity contribution in [1.29, 1.82) is 0 Å². The van der Waals surface area contributed by atoms with Crippen LogP contribution in [0.5, 0.6) is 17.2 Å². The van der Waals surface area contributed by atoms with Gasteiger partial charge in [-0.1, -0.05) is 41.6 Å². The normalized spacial score (nSPS) is 10.5. The van der Waals surface area contributed by atoms with Gasteiger partial charge in [-0.3, -0.25) is 4.79 Å². The Morgan fingerprint density at radius 2 is 1.70 bits per heavy atom. The molecule has 0 bridgehead atoms. The molecule has 33 heavy (non-hydrogen) atoms. The largest absolute Gasteiger partial charge is 0.497 e. The van der Waals surface area contributed by atoms with E-state index in [1.807, 2.05) is 43.3 Å². The Morgan fingerprint density at radius 1 is 0.939 bits per heavy atom. The number of nitrogens with one attached hydrogen (secondary N) is 1. The average Bonchev–Trinajstić information content (AvgIpc) is 3.33. The molecule has 0 saturated heterocycles. The Kier molecular flexibility index (Phi) is 6.54. The summed E-state index contributed by atoms with van der Waals surface area (Å²) in [5, 5.41) is 6.88. The van der Waals surface area contributed by atoms with E-state index >= 15 is 0 Å². The molecule has 0 aliphatic rings. The summed E-state index contributed by atoms with van der Waals surface area (Å²) in [6, 6.07) is 20.1. The van der Waals surface area contributed by atoms with Crippen LogP contribution in [0.1, 0.15) is 5.56 Å². The van der Waals surface area contributed by atoms with Crippen LogP contribution >= 0.6 is 0 Å². The highest BCUT2D eigenvalue weighted by Gasteiger charge is 2.17. The molecule has 0 aliphatic heterocycles. The van der Waals surface area contributed by atoms with Crippen molar-refractivity contribution in [3.63, 3.8) is 0 Å². The van der Waals surface area contributed by atoms with Crippen LogP contribution in [0.15, 0.2) is 71.3 Å². The van der Waals surface area contributed by atoms with E-state index in [-0.39, 0.29) is 12.5 Å². The molecule has 4 aromatic rings. The van der Waals surface area contributed by atoms with Gasteiger partial charge in [-0.05, 0) is 36.8 Å². The lowest BCUT2D eigenvalue weighted by molar-refractivity contribution is -0.118. The molecule has 1 amide bonds. The Balaban J connectivity index is 1.48. The van der Waals surface area contributed by atoms with E-state index in [0.717, 1.165) is 11.1 Å². The fourth-order valence-electron chi connectivity index (χ4n) is 3.27. The summed E-state index contributed by atoms with van der Waals surface area (Å²) in [6.07, 6.45) is 0. The first-order chi connectivity index (χ1) is 16.1. The zero-order valence-electron chi connectivity index (χ0n) is 18.5. The number of amides is 1. The van der Waals surface area contributed by atoms with Crippen LogP contribution < -0.4 is 19.5 Å². The van der Waals surface area contributed by atoms with Gasteiger partial charge in [0.15, 0.2) is 6.61 Å². The van der Waals surface area contributed by atoms with Gasteiger partial charge in [0.1, 0.15) is 17.2 Å². The maximum Gasteiger partial charge on any atom is 0.262 e. The third-order valence-corrected chi connectivity index (χ3v) is 4.97. The van der Waals surface area contributed by atoms with E-state index in [1.165, 1.54) is 7.11 Å². The summed E-state index contributed by atoms with van der Waals surface area (Å²) in [7, 11) is 3.08. The van der Waals surface area contributed by atoms with Crippen molar-refractivity contribution in [2.75, 3.05) is 26.1 Å². The third-order valence-electron chi connectivity index (χ3n) is 4.97. The van der Waals surface area contributed by atoms with E-state index < -0.39 is 0 Å². The highest BCUT2D eigenvalue weighted by Crippen LogP contribution is 2.31. The number of hydrogen-bond donors (Lipinski definition) is 1. The van der Waals surface area contributed by atoms with Gasteiger partial charge >= 0.3 is 0 Å². The monoisotopic (exact) mass is 445 g/mol. The summed E-state index contributed by atoms with van der Waals surface area (Å²) in [5.41, 5.74) is 3.04. The molecular weight excluding hydrogens is 422 g/mol. The van der Waals surface area contributed by atoms with Crippen LogP contribution in [-0.2, 0) is 4.79 Å². The predicted octanol–water partition coefficient (Wildman–Crippen LogP) is 4.75. The number of aryl methyl sites for hydroxylation is 1. The molecule has 0 saturated carbocycles. The third kappa shape index (κ3) is 4.95. The quantitative estimate of drug-likeness (QED) is 0.418. The highest BCUT2D eigenvalue weighted by atomic mass is 16.5. The molecule has 3 aromatic carbocycles. The second kappa shape index (κ2) is 9.86. The van der Waals surface area contributed by atoms with Crippen molar-refractivity contribution < 1.29 is 23.5 Å². The van der Waals surface area contributed by atoms with E-state index in [0.29, 0.717) is 40.2 Å². The van der Waals surface area contributed by atoms with Gasteiger partial charge in [0.2, 0.25) is 5.82 Å². The maximum atomic E-state index is 12.5. The molecule has 1 aromatic heterocycles. The van der Waals surface area contributed by atoms with Crippen LogP contribution in [0.2, 0.25) is 0 Å². The molecule has 1 heterocycles. The van der Waals surface area contributed by atoms with E-state index in [2.05, 4.69) is 15.5 Å². The predicted molar refractivity (Wildman–Crippen MR) is 124 cm³/mol. The summed E-state index contributed by atoms with van der Waals surface area (Å²) in [5.74, 6) is 2.01. The van der Waals surface area contributed by atoms with Gasteiger partial charge in [0.05, 0.1) is 25.5 Å². The number of rotatable bonds is 8. The fraction of sp³-hybridized carbons (Fsp3) is 0.160. The number of carbonyl (C=O) groups excluding carboxylic acids is 1. The van der Waals surface area contributed by atoms with Crippen LogP contribution in [0.25, 0.3) is 22.8 Å². The standard InChI is InChI=1S/C25H23N3O5/c1-16-8-4-5-9-18(16)24-27-25(33-28-24)19-10-6-7-11-21(19)32-15-23(29)26-20-13-12-17(30-2)14-22(20)31-3/h4-14H,15H2,1-3H3,(H,26,29). The molecular formula is C25H23N3O5. The second-order valence-electron chi connectivity index (χ2n) is 7.14. The Hall–Kier alpha value is -4.33. The van der Waals surface area contributed by atoms with Gasteiger partial charge in [0, 0.05) is 11.6 Å². The molecule has 168 valence electrons. The van der Waals surface area contributed by atoms with Crippen molar-refractivity contribution in [2.24, 2.45) is 0 Å². The van der Waals surface area contributed by atoms with Crippen LogP contribution in [0.4, 0.5) is 5.69 Å². The Bertz CT molecular complexity index is 1270. The fourth-order valence-corrected chi connectivity index (χ4v) is 3.27. The zero-order valence-corrected chi connectivity index (χ0v) is 18.5. The molecule has 0 atom stereocenters. The van der Waals surface area contributed by atoms with Crippen molar-refractivity contribution in [2.45, 2.75) is 6.92 Å². The minimum atomic E-state index is -0.348. The first kappa shape index (κ1) is 21.9. The van der Waals surface area contributed by atoms with Gasteiger partial charge in [-0.15, -0.1) is 0 Å². The van der Waals surface area contributed by atoms with Crippen LogP contribution in [0, 0.1) is 6.92 Å². The van der Waals surface area contributed by atoms with E-state index in [9.17, 15) is 4.79 Å². The molecule has 0 spiro atoms. The minimum absolute atomic E-state index is 0.217. The number of aromatic nitrogens is 2. The molecule has 4 rings (SSSR count). The van der Waals surface area contributed by atoms with E-state index in [4.69, 9.17) is 18.7 Å². The Labute approximate surface area is 191 Å². The van der Waals surface area contributed by atoms with Crippen LogP contribution in [0.3, 0.4) is 0 Å². The summed E-state index contributed by atoms with van der Waals surface area (Å²) in [6.45, 7) is 1.77. The molecule has 1 N–H and O–H groups in total. The van der Waals surface area contributed by atoms with Gasteiger partial charge in [-0.25, -0.2) is 0 Å². The number of anilines is 1. The average molecular weight is 445 g/mol. The van der Waals surface area contributed by atoms with Crippen molar-refractivity contribution in [3.8, 4) is 40.1 Å². The highest BCUT2D eigenvalue weighted by molar-refractivity contribution is 5.93. The molecule has 0 unspecified atom stereocenters. The van der Waals surface area contributed by atoms with Crippen molar-refractivity contribution in [1.82, 2.24) is 10.1 Å². The number of ether oxygens (including phenoxy) is 3. The lowest BCUT2D eigenvalue weighted by atomic mass is 10.1. The second-order valence-corrected chi connectivity index (χ2v) is 7.14. The molecule has 0 radical (unpaired) electrons. The smallest absolute Gasteiger partial charge is 0.262 e. The lowest BCUT2D eigenvalue weighted by Crippen LogP contribution is -2.20. The molecule has 8 heteroatoms. The zero-order chi connectivity index (χ0) is 23.2. The molecule has 0 aliphatic carbocycles. The summed E-state index contributed by atoms with van der Waals surface area (Å²) in [4.78, 5) is 17.0. The number of methoxy groups -OCH3 is 2. The topological polar surface area (TPSA) is 95.7 Å². The van der Waals surface area contributed by atoms with Crippen molar-refractivity contribution >= 4 is 11.6 Å². The number of benzene rings is 3. The number of hydrogen-bond acceptors (Lipinski definition) is 7. The van der Waals surface area contributed by atoms with Crippen molar-refractivity contribution in [3.05, 3.63) is 72.3 Å².